The lowest BCUT2D eigenvalue weighted by molar-refractivity contribution is -0.123. The fourth-order valence-corrected chi connectivity index (χ4v) is 2.97. The average molecular weight is 357 g/mol. The van der Waals surface area contributed by atoms with Crippen LogP contribution in [-0.2, 0) is 10.3 Å². The second-order valence-electron chi connectivity index (χ2n) is 5.97. The van der Waals surface area contributed by atoms with Gasteiger partial charge < -0.3 is 5.32 Å². The molecule has 2 heterocycles. The van der Waals surface area contributed by atoms with E-state index >= 15 is 0 Å². The third-order valence-corrected chi connectivity index (χ3v) is 4.65. The zero-order valence-corrected chi connectivity index (χ0v) is 14.5. The first-order valence-electron chi connectivity index (χ1n) is 7.60. The standard InChI is InChI=1S/C18H16FN3O2S/c1-18(2,17(24)20-13-7-5-12(19)6-8-13)22-16(23)10-9-14(21-22)15-4-3-11-25-15/h3-11H,1-2H3,(H,20,24). The first-order valence-corrected chi connectivity index (χ1v) is 8.47. The first kappa shape index (κ1) is 17.0. The molecule has 5 nitrogen and oxygen atoms in total. The van der Waals surface area contributed by atoms with Crippen LogP contribution >= 0.6 is 11.3 Å². The van der Waals surface area contributed by atoms with Crippen LogP contribution in [0.4, 0.5) is 10.1 Å². The van der Waals surface area contributed by atoms with E-state index in [0.717, 1.165) is 4.88 Å². The molecule has 0 bridgehead atoms. The van der Waals surface area contributed by atoms with Crippen LogP contribution in [-0.4, -0.2) is 15.7 Å². The van der Waals surface area contributed by atoms with Gasteiger partial charge in [0, 0.05) is 11.8 Å². The lowest BCUT2D eigenvalue weighted by Gasteiger charge is -2.25. The Morgan fingerprint density at radius 3 is 2.52 bits per heavy atom. The molecular weight excluding hydrogens is 341 g/mol. The van der Waals surface area contributed by atoms with Crippen LogP contribution in [0.15, 0.2) is 58.7 Å². The highest BCUT2D eigenvalue weighted by molar-refractivity contribution is 7.13. The van der Waals surface area contributed by atoms with Crippen molar-refractivity contribution in [2.24, 2.45) is 0 Å². The molecule has 25 heavy (non-hydrogen) atoms. The number of nitrogens with one attached hydrogen (secondary N) is 1. The van der Waals surface area contributed by atoms with Crippen LogP contribution in [0.5, 0.6) is 0 Å². The summed E-state index contributed by atoms with van der Waals surface area (Å²) in [4.78, 5) is 25.8. The number of halogens is 1. The van der Waals surface area contributed by atoms with Gasteiger partial charge in [-0.1, -0.05) is 6.07 Å². The summed E-state index contributed by atoms with van der Waals surface area (Å²) >= 11 is 1.50. The summed E-state index contributed by atoms with van der Waals surface area (Å²) in [7, 11) is 0. The van der Waals surface area contributed by atoms with E-state index in [9.17, 15) is 14.0 Å². The number of thiophene rings is 1. The molecule has 1 N–H and O–H groups in total. The molecule has 0 unspecified atom stereocenters. The maximum absolute atomic E-state index is 13.0. The Kier molecular flexibility index (Phi) is 4.50. The predicted octanol–water partition coefficient (Wildman–Crippen LogP) is 3.48. The van der Waals surface area contributed by atoms with Crippen molar-refractivity contribution in [1.82, 2.24) is 9.78 Å². The number of amides is 1. The van der Waals surface area contributed by atoms with Gasteiger partial charge >= 0.3 is 0 Å². The van der Waals surface area contributed by atoms with Gasteiger partial charge in [-0.25, -0.2) is 9.07 Å². The second kappa shape index (κ2) is 6.60. The molecule has 0 radical (unpaired) electrons. The largest absolute Gasteiger partial charge is 0.324 e. The second-order valence-corrected chi connectivity index (χ2v) is 6.91. The van der Waals surface area contributed by atoms with Crippen molar-refractivity contribution in [2.75, 3.05) is 5.32 Å². The lowest BCUT2D eigenvalue weighted by atomic mass is 10.0. The van der Waals surface area contributed by atoms with E-state index in [1.165, 1.54) is 46.4 Å². The minimum absolute atomic E-state index is 0.375. The van der Waals surface area contributed by atoms with E-state index < -0.39 is 17.3 Å². The van der Waals surface area contributed by atoms with E-state index in [4.69, 9.17) is 0 Å². The van der Waals surface area contributed by atoms with Gasteiger partial charge in [-0.15, -0.1) is 11.3 Å². The number of nitrogens with zero attached hydrogens (tertiary/aromatic N) is 2. The molecule has 3 rings (SSSR count). The van der Waals surface area contributed by atoms with Crippen LogP contribution in [0.2, 0.25) is 0 Å². The Hall–Kier alpha value is -2.80. The molecule has 1 amide bonds. The van der Waals surface area contributed by atoms with Gasteiger partial charge in [0.05, 0.1) is 4.88 Å². The van der Waals surface area contributed by atoms with Crippen molar-refractivity contribution in [3.8, 4) is 10.6 Å². The highest BCUT2D eigenvalue weighted by atomic mass is 32.1. The third-order valence-electron chi connectivity index (χ3n) is 3.76. The van der Waals surface area contributed by atoms with Crippen molar-refractivity contribution < 1.29 is 9.18 Å². The van der Waals surface area contributed by atoms with E-state index in [-0.39, 0.29) is 5.56 Å². The number of hydrogen-bond donors (Lipinski definition) is 1. The van der Waals surface area contributed by atoms with Crippen LogP contribution in [0, 0.1) is 5.82 Å². The summed E-state index contributed by atoms with van der Waals surface area (Å²) in [6, 6.07) is 12.3. The van der Waals surface area contributed by atoms with Gasteiger partial charge in [0.1, 0.15) is 17.1 Å². The summed E-state index contributed by atoms with van der Waals surface area (Å²) in [5, 5.41) is 8.96. The quantitative estimate of drug-likeness (QED) is 0.777. The molecule has 3 aromatic rings. The summed E-state index contributed by atoms with van der Waals surface area (Å²) in [6.45, 7) is 3.22. The van der Waals surface area contributed by atoms with E-state index in [1.807, 2.05) is 17.5 Å². The topological polar surface area (TPSA) is 64.0 Å². The minimum atomic E-state index is -1.22. The molecule has 7 heteroatoms. The Morgan fingerprint density at radius 1 is 1.16 bits per heavy atom. The van der Waals surface area contributed by atoms with Crippen LogP contribution in [0.3, 0.4) is 0 Å². The Balaban J connectivity index is 1.93. The zero-order valence-electron chi connectivity index (χ0n) is 13.7. The van der Waals surface area contributed by atoms with Gasteiger partial charge in [-0.3, -0.25) is 9.59 Å². The smallest absolute Gasteiger partial charge is 0.267 e. The normalized spacial score (nSPS) is 11.3. The van der Waals surface area contributed by atoms with E-state index in [1.54, 1.807) is 19.9 Å². The highest BCUT2D eigenvalue weighted by Crippen LogP contribution is 2.23. The summed E-state index contributed by atoms with van der Waals surface area (Å²) in [5.41, 5.74) is -0.530. The Morgan fingerprint density at radius 2 is 1.88 bits per heavy atom. The van der Waals surface area contributed by atoms with E-state index in [2.05, 4.69) is 10.4 Å². The van der Waals surface area contributed by atoms with Crippen molar-refractivity contribution in [2.45, 2.75) is 19.4 Å². The van der Waals surface area contributed by atoms with Gasteiger partial charge in [0.15, 0.2) is 0 Å². The van der Waals surface area contributed by atoms with Crippen molar-refractivity contribution >= 4 is 22.9 Å². The average Bonchev–Trinajstić information content (AvgIpc) is 3.11. The Labute approximate surface area is 147 Å². The SMILES string of the molecule is CC(C)(C(=O)Nc1ccc(F)cc1)n1nc(-c2cccs2)ccc1=O. The summed E-state index contributed by atoms with van der Waals surface area (Å²) < 4.78 is 14.2. The number of anilines is 1. The van der Waals surface area contributed by atoms with Crippen molar-refractivity contribution in [3.63, 3.8) is 0 Å². The minimum Gasteiger partial charge on any atom is -0.324 e. The molecule has 128 valence electrons. The zero-order chi connectivity index (χ0) is 18.0. The molecule has 0 fully saturated rings. The van der Waals surface area contributed by atoms with Crippen molar-refractivity contribution in [1.29, 1.82) is 0 Å². The number of carbonyl (C=O) groups is 1. The lowest BCUT2D eigenvalue weighted by Crippen LogP contribution is -2.47. The number of carbonyl (C=O) groups excluding carboxylic acids is 1. The van der Waals surface area contributed by atoms with Gasteiger partial charge in [-0.05, 0) is 55.6 Å². The molecular formula is C18H16FN3O2S. The fourth-order valence-electron chi connectivity index (χ4n) is 2.28. The molecule has 0 saturated carbocycles. The highest BCUT2D eigenvalue weighted by Gasteiger charge is 2.32. The van der Waals surface area contributed by atoms with Gasteiger partial charge in [0.25, 0.3) is 11.5 Å². The third kappa shape index (κ3) is 3.51. The van der Waals surface area contributed by atoms with Crippen LogP contribution < -0.4 is 10.9 Å². The predicted molar refractivity (Wildman–Crippen MR) is 96.2 cm³/mol. The molecule has 0 aliphatic rings. The summed E-state index contributed by atoms with van der Waals surface area (Å²) in [5.74, 6) is -0.809. The first-order chi connectivity index (χ1) is 11.9. The molecule has 0 aliphatic carbocycles. The molecule has 0 aliphatic heterocycles. The van der Waals surface area contributed by atoms with E-state index in [0.29, 0.717) is 11.4 Å². The van der Waals surface area contributed by atoms with Crippen LogP contribution in [0.25, 0.3) is 10.6 Å². The van der Waals surface area contributed by atoms with Crippen molar-refractivity contribution in [3.05, 3.63) is 70.1 Å². The number of benzene rings is 1. The maximum Gasteiger partial charge on any atom is 0.267 e. The number of aromatic nitrogens is 2. The van der Waals surface area contributed by atoms with Gasteiger partial charge in [-0.2, -0.15) is 5.10 Å². The monoisotopic (exact) mass is 357 g/mol. The number of rotatable bonds is 4. The fraction of sp³-hybridized carbons (Fsp3) is 0.167. The van der Waals surface area contributed by atoms with Gasteiger partial charge in [0.2, 0.25) is 0 Å². The molecule has 0 atom stereocenters. The molecule has 0 saturated heterocycles. The summed E-state index contributed by atoms with van der Waals surface area (Å²) in [6.07, 6.45) is 0. The molecule has 2 aromatic heterocycles. The Bertz CT molecular complexity index is 947. The molecule has 1 aromatic carbocycles. The van der Waals surface area contributed by atoms with Crippen LogP contribution in [0.1, 0.15) is 13.8 Å². The number of hydrogen-bond acceptors (Lipinski definition) is 4. The molecule has 0 spiro atoms. The maximum atomic E-state index is 13.0.